The van der Waals surface area contributed by atoms with Crippen molar-refractivity contribution in [3.05, 3.63) is 25.7 Å². The highest BCUT2D eigenvalue weighted by atomic mass is 16.5. The van der Waals surface area contributed by atoms with Gasteiger partial charge in [0.2, 0.25) is 0 Å². The molecule has 0 spiro atoms. The van der Waals surface area contributed by atoms with Crippen molar-refractivity contribution in [2.75, 3.05) is 7.11 Å². The number of hydrogen-bond acceptors (Lipinski definition) is 2. The lowest BCUT2D eigenvalue weighted by Crippen LogP contribution is -1.54. The van der Waals surface area contributed by atoms with Gasteiger partial charge in [-0.25, -0.2) is 0 Å². The summed E-state index contributed by atoms with van der Waals surface area (Å²) in [5.41, 5.74) is 0. The second-order valence-corrected chi connectivity index (χ2v) is 0.585. The lowest BCUT2D eigenvalue weighted by atomic mass is 11.2. The van der Waals surface area contributed by atoms with Crippen molar-refractivity contribution >= 4 is 0 Å². The van der Waals surface area contributed by atoms with Crippen LogP contribution in [0.15, 0.2) is 25.7 Å². The first-order valence-electron chi connectivity index (χ1n) is 1.72. The quantitative estimate of drug-likeness (QED) is 0.508. The molecule has 0 saturated heterocycles. The van der Waals surface area contributed by atoms with Crippen LogP contribution in [0.2, 0.25) is 0 Å². The predicted octanol–water partition coefficient (Wildman–Crippen LogP) is 1.46. The Bertz CT molecular complexity index is 41.3. The summed E-state index contributed by atoms with van der Waals surface area (Å²) in [5.74, 6) is 0. The standard InChI is InChI=1S/C3H6O.C2H4O/c1-3-4-2;1-2-3/h3H,1H2,2H3;2-3H,1H2. The van der Waals surface area contributed by atoms with Crippen LogP contribution in [0.5, 0.6) is 0 Å². The average Bonchev–Trinajstić information content (AvgIpc) is 1.69. The zero-order valence-electron chi connectivity index (χ0n) is 4.42. The maximum Gasteiger partial charge on any atom is 0.0766 e. The fourth-order valence-corrected chi connectivity index (χ4v) is 0. The van der Waals surface area contributed by atoms with Crippen molar-refractivity contribution in [2.24, 2.45) is 0 Å². The Morgan fingerprint density at radius 2 is 1.71 bits per heavy atom. The SMILES string of the molecule is C=CO.C=COC. The van der Waals surface area contributed by atoms with Crippen molar-refractivity contribution in [1.82, 2.24) is 0 Å². The minimum atomic E-state index is 0.750. The number of rotatable bonds is 1. The van der Waals surface area contributed by atoms with E-state index in [0.717, 1.165) is 6.26 Å². The van der Waals surface area contributed by atoms with Gasteiger partial charge in [-0.05, 0) is 0 Å². The fourth-order valence-electron chi connectivity index (χ4n) is 0. The van der Waals surface area contributed by atoms with E-state index in [0.29, 0.717) is 0 Å². The Balaban J connectivity index is 0. The minimum Gasteiger partial charge on any atom is -0.516 e. The van der Waals surface area contributed by atoms with Crippen LogP contribution in [0.4, 0.5) is 0 Å². The highest BCUT2D eigenvalue weighted by molar-refractivity contribution is 4.43. The Morgan fingerprint density at radius 3 is 1.71 bits per heavy atom. The summed E-state index contributed by atoms with van der Waals surface area (Å²) in [7, 11) is 1.56. The molecular formula is C5H10O2. The molecule has 2 nitrogen and oxygen atoms in total. The van der Waals surface area contributed by atoms with Gasteiger partial charge in [0.15, 0.2) is 0 Å². The average molecular weight is 102 g/mol. The second-order valence-electron chi connectivity index (χ2n) is 0.585. The number of methoxy groups -OCH3 is 1. The third-order valence-corrected chi connectivity index (χ3v) is 0.167. The normalized spacial score (nSPS) is 4.71. The lowest BCUT2D eigenvalue weighted by molar-refractivity contribution is 0.339. The first-order chi connectivity index (χ1) is 3.33. The van der Waals surface area contributed by atoms with Gasteiger partial charge in [-0.2, -0.15) is 0 Å². The summed E-state index contributed by atoms with van der Waals surface area (Å²) in [4.78, 5) is 0. The van der Waals surface area contributed by atoms with E-state index >= 15 is 0 Å². The number of aliphatic hydroxyl groups is 1. The molecule has 0 amide bonds. The van der Waals surface area contributed by atoms with E-state index in [-0.39, 0.29) is 0 Å². The van der Waals surface area contributed by atoms with Crippen molar-refractivity contribution in [2.45, 2.75) is 0 Å². The molecule has 0 fully saturated rings. The van der Waals surface area contributed by atoms with Crippen LogP contribution in [0.25, 0.3) is 0 Å². The van der Waals surface area contributed by atoms with Gasteiger partial charge in [-0.15, -0.1) is 0 Å². The maximum absolute atomic E-state index is 7.33. The highest BCUT2D eigenvalue weighted by Gasteiger charge is 1.36. The zero-order chi connectivity index (χ0) is 6.12. The van der Waals surface area contributed by atoms with Crippen molar-refractivity contribution in [1.29, 1.82) is 0 Å². The molecule has 42 valence electrons. The van der Waals surface area contributed by atoms with Gasteiger partial charge in [-0.3, -0.25) is 0 Å². The van der Waals surface area contributed by atoms with Crippen LogP contribution in [0.1, 0.15) is 0 Å². The maximum atomic E-state index is 7.33. The lowest BCUT2D eigenvalue weighted by Gasteiger charge is -1.73. The summed E-state index contributed by atoms with van der Waals surface area (Å²) in [6.45, 7) is 6.17. The van der Waals surface area contributed by atoms with Gasteiger partial charge in [-0.1, -0.05) is 13.2 Å². The van der Waals surface area contributed by atoms with E-state index in [1.54, 1.807) is 7.11 Å². The fraction of sp³-hybridized carbons (Fsp3) is 0.200. The molecule has 0 heterocycles. The molecule has 0 atom stereocenters. The van der Waals surface area contributed by atoms with Crippen LogP contribution < -0.4 is 0 Å². The molecular weight excluding hydrogens is 92.1 g/mol. The van der Waals surface area contributed by atoms with Gasteiger partial charge < -0.3 is 9.84 Å². The van der Waals surface area contributed by atoms with Crippen molar-refractivity contribution < 1.29 is 9.84 Å². The Hall–Kier alpha value is -0.920. The van der Waals surface area contributed by atoms with Crippen LogP contribution in [-0.4, -0.2) is 12.2 Å². The molecule has 0 radical (unpaired) electrons. The summed E-state index contributed by atoms with van der Waals surface area (Å²) in [6, 6.07) is 0. The minimum absolute atomic E-state index is 0.750. The molecule has 0 saturated carbocycles. The molecule has 0 aromatic heterocycles. The summed E-state index contributed by atoms with van der Waals surface area (Å²) >= 11 is 0. The van der Waals surface area contributed by atoms with E-state index in [1.807, 2.05) is 0 Å². The van der Waals surface area contributed by atoms with Gasteiger partial charge in [0.1, 0.15) is 0 Å². The second kappa shape index (κ2) is 19.5. The monoisotopic (exact) mass is 102 g/mol. The molecule has 0 aromatic carbocycles. The highest BCUT2D eigenvalue weighted by Crippen LogP contribution is 1.52. The van der Waals surface area contributed by atoms with Crippen molar-refractivity contribution in [3.63, 3.8) is 0 Å². The van der Waals surface area contributed by atoms with E-state index in [2.05, 4.69) is 17.9 Å². The zero-order valence-corrected chi connectivity index (χ0v) is 4.42. The number of aliphatic hydroxyl groups excluding tert-OH is 1. The molecule has 0 bridgehead atoms. The van der Waals surface area contributed by atoms with Gasteiger partial charge in [0, 0.05) is 0 Å². The molecule has 7 heavy (non-hydrogen) atoms. The molecule has 0 aliphatic heterocycles. The molecule has 2 heteroatoms. The van der Waals surface area contributed by atoms with Gasteiger partial charge in [0.05, 0.1) is 19.6 Å². The third kappa shape index (κ3) is 7530. The van der Waals surface area contributed by atoms with Gasteiger partial charge >= 0.3 is 0 Å². The molecule has 0 aliphatic carbocycles. The van der Waals surface area contributed by atoms with Crippen LogP contribution in [-0.2, 0) is 4.74 Å². The molecule has 1 N–H and O–H groups in total. The van der Waals surface area contributed by atoms with E-state index < -0.39 is 0 Å². The predicted molar refractivity (Wildman–Crippen MR) is 30.0 cm³/mol. The molecule has 0 aromatic rings. The van der Waals surface area contributed by atoms with E-state index in [1.165, 1.54) is 6.26 Å². The Morgan fingerprint density at radius 1 is 1.57 bits per heavy atom. The summed E-state index contributed by atoms with van der Waals surface area (Å²) in [6.07, 6.45) is 2.12. The van der Waals surface area contributed by atoms with Crippen LogP contribution in [0.3, 0.4) is 0 Å². The largest absolute Gasteiger partial charge is 0.516 e. The van der Waals surface area contributed by atoms with Gasteiger partial charge in [0.25, 0.3) is 0 Å². The topological polar surface area (TPSA) is 29.5 Å². The molecule has 0 unspecified atom stereocenters. The smallest absolute Gasteiger partial charge is 0.0766 e. The summed E-state index contributed by atoms with van der Waals surface area (Å²) in [5, 5.41) is 7.33. The Labute approximate surface area is 43.7 Å². The van der Waals surface area contributed by atoms with E-state index in [4.69, 9.17) is 5.11 Å². The van der Waals surface area contributed by atoms with E-state index in [9.17, 15) is 0 Å². The van der Waals surface area contributed by atoms with Crippen LogP contribution >= 0.6 is 0 Å². The molecule has 0 aliphatic rings. The Kier molecular flexibility index (Phi) is 26.3. The van der Waals surface area contributed by atoms with Crippen LogP contribution in [0, 0.1) is 0 Å². The number of hydrogen-bond donors (Lipinski definition) is 1. The number of ether oxygens (including phenoxy) is 1. The molecule has 0 rings (SSSR count). The van der Waals surface area contributed by atoms with Crippen molar-refractivity contribution in [3.8, 4) is 0 Å². The first-order valence-corrected chi connectivity index (χ1v) is 1.72. The first kappa shape index (κ1) is 9.43. The summed E-state index contributed by atoms with van der Waals surface area (Å²) < 4.78 is 4.31. The third-order valence-electron chi connectivity index (χ3n) is 0.167.